The quantitative estimate of drug-likeness (QED) is 0.732. The first-order valence-corrected chi connectivity index (χ1v) is 6.49. The summed E-state index contributed by atoms with van der Waals surface area (Å²) >= 11 is 2.57. The van der Waals surface area contributed by atoms with Gasteiger partial charge in [-0.3, -0.25) is 4.79 Å². The summed E-state index contributed by atoms with van der Waals surface area (Å²) in [5.74, 6) is -1.05. The maximum absolute atomic E-state index is 11.8. The number of hydrogen-bond acceptors (Lipinski definition) is 4. The number of carbonyl (C=O) groups is 1. The summed E-state index contributed by atoms with van der Waals surface area (Å²) in [6, 6.07) is 8.84. The van der Waals surface area contributed by atoms with Gasteiger partial charge in [-0.05, 0) is 6.07 Å². The molecule has 3 nitrogen and oxygen atoms in total. The van der Waals surface area contributed by atoms with Crippen LogP contribution in [0.5, 0.6) is 0 Å². The van der Waals surface area contributed by atoms with Crippen molar-refractivity contribution in [3.05, 3.63) is 45.4 Å². The van der Waals surface area contributed by atoms with E-state index in [2.05, 4.69) is 0 Å². The lowest BCUT2D eigenvalue weighted by Crippen LogP contribution is -2.02. The molecule has 0 bridgehead atoms. The normalized spacial score (nSPS) is 11.1. The molecule has 17 heavy (non-hydrogen) atoms. The molecule has 0 aliphatic carbocycles. The number of fused-ring (bicyclic) bond motifs is 3. The molecule has 0 atom stereocenters. The van der Waals surface area contributed by atoms with Crippen LogP contribution in [0.15, 0.2) is 35.1 Å². The smallest absolute Gasteiger partial charge is 0.346 e. The van der Waals surface area contributed by atoms with E-state index in [0.29, 0.717) is 4.70 Å². The van der Waals surface area contributed by atoms with E-state index in [1.807, 2.05) is 24.3 Å². The van der Waals surface area contributed by atoms with Crippen molar-refractivity contribution in [3.8, 4) is 0 Å². The van der Waals surface area contributed by atoms with Crippen LogP contribution in [-0.4, -0.2) is 11.1 Å². The zero-order valence-electron chi connectivity index (χ0n) is 8.47. The Labute approximate surface area is 104 Å². The first-order valence-electron chi connectivity index (χ1n) is 4.85. The molecule has 0 fully saturated rings. The monoisotopic (exact) mass is 262 g/mol. The topological polar surface area (TPSA) is 54.4 Å². The molecular formula is C12H6O3S2. The number of carboxylic acid groups (broad SMARTS) is 1. The third-order valence-corrected chi connectivity index (χ3v) is 4.91. The highest BCUT2D eigenvalue weighted by atomic mass is 32.1. The molecule has 3 rings (SSSR count). The minimum atomic E-state index is -1.05. The summed E-state index contributed by atoms with van der Waals surface area (Å²) in [5, 5.41) is 9.91. The molecule has 2 heterocycles. The number of hydrogen-bond donors (Lipinski definition) is 1. The second-order valence-corrected chi connectivity index (χ2v) is 5.64. The van der Waals surface area contributed by atoms with Crippen LogP contribution in [-0.2, 0) is 0 Å². The summed E-state index contributed by atoms with van der Waals surface area (Å²) in [6.07, 6.45) is 0. The van der Waals surface area contributed by atoms with Gasteiger partial charge in [0.05, 0.1) is 9.40 Å². The number of carboxylic acids is 1. The number of aromatic carboxylic acids is 1. The van der Waals surface area contributed by atoms with Crippen LogP contribution in [0.1, 0.15) is 9.67 Å². The predicted molar refractivity (Wildman–Crippen MR) is 70.4 cm³/mol. The molecule has 0 aliphatic heterocycles. The number of thiophene rings is 1. The van der Waals surface area contributed by atoms with Gasteiger partial charge in [0.25, 0.3) is 0 Å². The minimum absolute atomic E-state index is 0.0889. The Morgan fingerprint density at radius 2 is 1.88 bits per heavy atom. The average Bonchev–Trinajstić information content (AvgIpc) is 2.68. The Morgan fingerprint density at radius 1 is 1.12 bits per heavy atom. The highest BCUT2D eigenvalue weighted by Crippen LogP contribution is 2.34. The highest BCUT2D eigenvalue weighted by molar-refractivity contribution is 7.32. The predicted octanol–water partition coefficient (Wildman–Crippen LogP) is 3.17. The van der Waals surface area contributed by atoms with Gasteiger partial charge in [0, 0.05) is 16.2 Å². The summed E-state index contributed by atoms with van der Waals surface area (Å²) < 4.78 is 2.43. The lowest BCUT2D eigenvalue weighted by Gasteiger charge is -1.93. The van der Waals surface area contributed by atoms with Gasteiger partial charge in [0.15, 0.2) is 5.43 Å². The van der Waals surface area contributed by atoms with Crippen molar-refractivity contribution in [1.29, 1.82) is 0 Å². The van der Waals surface area contributed by atoms with Crippen LogP contribution in [0.25, 0.3) is 19.5 Å². The van der Waals surface area contributed by atoms with Gasteiger partial charge in [0.2, 0.25) is 0 Å². The Morgan fingerprint density at radius 3 is 2.65 bits per heavy atom. The van der Waals surface area contributed by atoms with Gasteiger partial charge >= 0.3 is 5.97 Å². The fourth-order valence-electron chi connectivity index (χ4n) is 1.71. The van der Waals surface area contributed by atoms with E-state index in [-0.39, 0.29) is 10.3 Å². The van der Waals surface area contributed by atoms with Crippen LogP contribution in [0.4, 0.5) is 0 Å². The van der Waals surface area contributed by atoms with Crippen molar-refractivity contribution in [2.45, 2.75) is 0 Å². The first kappa shape index (κ1) is 10.4. The molecule has 0 saturated heterocycles. The molecule has 3 aromatic rings. The maximum atomic E-state index is 11.8. The van der Waals surface area contributed by atoms with E-state index >= 15 is 0 Å². The molecule has 0 amide bonds. The van der Waals surface area contributed by atoms with Crippen molar-refractivity contribution in [2.24, 2.45) is 0 Å². The Bertz CT molecular complexity index is 798. The molecule has 0 radical (unpaired) electrons. The van der Waals surface area contributed by atoms with Gasteiger partial charge in [-0.2, -0.15) is 0 Å². The Hall–Kier alpha value is -1.72. The molecule has 1 N–H and O–H groups in total. The first-order chi connectivity index (χ1) is 8.16. The minimum Gasteiger partial charge on any atom is -0.477 e. The van der Waals surface area contributed by atoms with Crippen molar-refractivity contribution < 1.29 is 9.90 Å². The van der Waals surface area contributed by atoms with Crippen LogP contribution >= 0.6 is 22.7 Å². The zero-order chi connectivity index (χ0) is 12.0. The lowest BCUT2D eigenvalue weighted by atomic mass is 10.2. The second-order valence-electron chi connectivity index (χ2n) is 3.54. The third kappa shape index (κ3) is 1.55. The maximum Gasteiger partial charge on any atom is 0.346 e. The molecular weight excluding hydrogens is 256 g/mol. The lowest BCUT2D eigenvalue weighted by molar-refractivity contribution is 0.0702. The van der Waals surface area contributed by atoms with Crippen LogP contribution in [0.2, 0.25) is 0 Å². The Kier molecular flexibility index (Phi) is 2.24. The molecule has 0 saturated carbocycles. The van der Waals surface area contributed by atoms with Crippen molar-refractivity contribution in [2.75, 3.05) is 0 Å². The van der Waals surface area contributed by atoms with E-state index in [1.165, 1.54) is 17.4 Å². The summed E-state index contributed by atoms with van der Waals surface area (Å²) in [7, 11) is 0. The highest BCUT2D eigenvalue weighted by Gasteiger charge is 2.13. The van der Waals surface area contributed by atoms with Crippen LogP contribution in [0.3, 0.4) is 0 Å². The molecule has 0 spiro atoms. The molecule has 84 valence electrons. The summed E-state index contributed by atoms with van der Waals surface area (Å²) in [5.41, 5.74) is -0.211. The van der Waals surface area contributed by atoms with Crippen LogP contribution < -0.4 is 5.43 Å². The van der Waals surface area contributed by atoms with E-state index in [1.54, 1.807) is 0 Å². The van der Waals surface area contributed by atoms with Crippen molar-refractivity contribution >= 4 is 48.1 Å². The van der Waals surface area contributed by atoms with E-state index in [4.69, 9.17) is 5.11 Å². The fourth-order valence-corrected chi connectivity index (χ4v) is 3.99. The second kappa shape index (κ2) is 3.65. The van der Waals surface area contributed by atoms with Crippen LogP contribution in [0, 0.1) is 0 Å². The number of rotatable bonds is 1. The SMILES string of the molecule is O=C(O)c1cc(=O)c2sc3ccccc3c2s1. The summed E-state index contributed by atoms with van der Waals surface area (Å²) in [4.78, 5) is 22.8. The van der Waals surface area contributed by atoms with Gasteiger partial charge in [-0.1, -0.05) is 18.2 Å². The molecule has 1 aromatic carbocycles. The van der Waals surface area contributed by atoms with E-state index < -0.39 is 5.97 Å². The molecule has 5 heteroatoms. The standard InChI is InChI=1S/C12H6O3S2/c13-7-5-9(12(14)15)17-10-6-3-1-2-4-8(6)16-11(7)10/h1-5H,(H,14,15). The Balaban J connectivity index is 2.55. The largest absolute Gasteiger partial charge is 0.477 e. The van der Waals surface area contributed by atoms with Crippen molar-refractivity contribution in [3.63, 3.8) is 0 Å². The van der Waals surface area contributed by atoms with E-state index in [0.717, 1.165) is 26.1 Å². The van der Waals surface area contributed by atoms with Gasteiger partial charge < -0.3 is 5.11 Å². The van der Waals surface area contributed by atoms with E-state index in [9.17, 15) is 9.59 Å². The van der Waals surface area contributed by atoms with Gasteiger partial charge in [0.1, 0.15) is 4.88 Å². The summed E-state index contributed by atoms with van der Waals surface area (Å²) in [6.45, 7) is 0. The zero-order valence-corrected chi connectivity index (χ0v) is 10.1. The molecule has 0 unspecified atom stereocenters. The van der Waals surface area contributed by atoms with Gasteiger partial charge in [-0.15, -0.1) is 22.7 Å². The molecule has 0 aliphatic rings. The fraction of sp³-hybridized carbons (Fsp3) is 0. The van der Waals surface area contributed by atoms with Gasteiger partial charge in [-0.25, -0.2) is 4.79 Å². The number of benzene rings is 1. The third-order valence-electron chi connectivity index (χ3n) is 2.46. The molecule has 2 aromatic heterocycles. The van der Waals surface area contributed by atoms with Crippen molar-refractivity contribution in [1.82, 2.24) is 0 Å². The average molecular weight is 262 g/mol.